The van der Waals surface area contributed by atoms with Crippen molar-refractivity contribution in [3.63, 3.8) is 0 Å². The molecule has 3 N–H and O–H groups in total. The van der Waals surface area contributed by atoms with Gasteiger partial charge < -0.3 is 16.0 Å². The maximum Gasteiger partial charge on any atom is 0.240 e. The predicted molar refractivity (Wildman–Crippen MR) is 79.3 cm³/mol. The van der Waals surface area contributed by atoms with E-state index in [1.807, 2.05) is 24.3 Å². The van der Waals surface area contributed by atoms with E-state index < -0.39 is 11.9 Å². The van der Waals surface area contributed by atoms with Crippen LogP contribution < -0.4 is 11.1 Å². The lowest BCUT2D eigenvalue weighted by Gasteiger charge is -2.38. The molecule has 2 atom stereocenters. The smallest absolute Gasteiger partial charge is 0.240 e. The number of nitrogens with two attached hydrogens (primary N) is 1. The fourth-order valence-corrected chi connectivity index (χ4v) is 3.27. The van der Waals surface area contributed by atoms with E-state index in [1.165, 1.54) is 0 Å². The monoisotopic (exact) mass is 287 g/mol. The number of amides is 2. The number of hydrogen-bond acceptors (Lipinski definition) is 3. The molecule has 1 fully saturated rings. The minimum atomic E-state index is -0.531. The van der Waals surface area contributed by atoms with Crippen LogP contribution in [-0.2, 0) is 22.6 Å². The van der Waals surface area contributed by atoms with Crippen molar-refractivity contribution >= 4 is 11.8 Å². The largest absolute Gasteiger partial charge is 0.368 e. The summed E-state index contributed by atoms with van der Waals surface area (Å²) in [5.41, 5.74) is 7.75. The van der Waals surface area contributed by atoms with Crippen molar-refractivity contribution < 1.29 is 9.59 Å². The molecule has 0 saturated carbocycles. The Labute approximate surface area is 124 Å². The summed E-state index contributed by atoms with van der Waals surface area (Å²) >= 11 is 0. The Balaban J connectivity index is 1.85. The minimum Gasteiger partial charge on any atom is -0.368 e. The molecule has 0 bridgehead atoms. The van der Waals surface area contributed by atoms with E-state index in [0.717, 1.165) is 36.9 Å². The number of benzene rings is 1. The molecule has 3 rings (SSSR count). The van der Waals surface area contributed by atoms with Crippen LogP contribution in [0.4, 0.5) is 0 Å². The van der Waals surface area contributed by atoms with E-state index >= 15 is 0 Å². The molecule has 0 radical (unpaired) electrons. The standard InChI is InChI=1S/C16H21N3O2/c17-15(20)14-9-11-5-1-2-6-12(11)10-19(14)16(21)13-7-3-4-8-18-13/h1-2,5-6,13-14,18H,3-4,7-10H2,(H2,17,20)/t13-,14+/m1/s1. The lowest BCUT2D eigenvalue weighted by Crippen LogP contribution is -2.57. The maximum atomic E-state index is 12.7. The van der Waals surface area contributed by atoms with Crippen LogP contribution in [0.25, 0.3) is 0 Å². The average Bonchev–Trinajstić information content (AvgIpc) is 2.53. The summed E-state index contributed by atoms with van der Waals surface area (Å²) in [6, 6.07) is 7.23. The maximum absolute atomic E-state index is 12.7. The lowest BCUT2D eigenvalue weighted by atomic mass is 9.92. The second kappa shape index (κ2) is 5.85. The number of carbonyl (C=O) groups excluding carboxylic acids is 2. The highest BCUT2D eigenvalue weighted by atomic mass is 16.2. The first-order valence-corrected chi connectivity index (χ1v) is 7.57. The van der Waals surface area contributed by atoms with Crippen LogP contribution in [0, 0.1) is 0 Å². The molecule has 2 heterocycles. The molecule has 0 aliphatic carbocycles. The quantitative estimate of drug-likeness (QED) is 0.835. The Morgan fingerprint density at radius 2 is 1.95 bits per heavy atom. The Hall–Kier alpha value is -1.88. The van der Waals surface area contributed by atoms with Crippen molar-refractivity contribution in [1.29, 1.82) is 0 Å². The molecule has 1 saturated heterocycles. The molecular weight excluding hydrogens is 266 g/mol. The third-order valence-corrected chi connectivity index (χ3v) is 4.47. The van der Waals surface area contributed by atoms with Gasteiger partial charge in [0.1, 0.15) is 6.04 Å². The summed E-state index contributed by atoms with van der Waals surface area (Å²) in [7, 11) is 0. The molecule has 0 spiro atoms. The fraction of sp³-hybridized carbons (Fsp3) is 0.500. The van der Waals surface area contributed by atoms with Gasteiger partial charge in [0.2, 0.25) is 11.8 Å². The molecule has 0 unspecified atom stereocenters. The predicted octanol–water partition coefficient (Wildman–Crippen LogP) is 0.567. The fourth-order valence-electron chi connectivity index (χ4n) is 3.27. The summed E-state index contributed by atoms with van der Waals surface area (Å²) < 4.78 is 0. The number of carbonyl (C=O) groups is 2. The van der Waals surface area contributed by atoms with Gasteiger partial charge in [-0.25, -0.2) is 0 Å². The van der Waals surface area contributed by atoms with Crippen molar-refractivity contribution in [3.05, 3.63) is 35.4 Å². The van der Waals surface area contributed by atoms with E-state index in [-0.39, 0.29) is 11.9 Å². The summed E-state index contributed by atoms with van der Waals surface area (Å²) in [6.07, 6.45) is 3.51. The van der Waals surface area contributed by atoms with Crippen molar-refractivity contribution in [2.24, 2.45) is 5.73 Å². The highest BCUT2D eigenvalue weighted by Gasteiger charge is 2.36. The number of nitrogens with one attached hydrogen (secondary N) is 1. The first-order valence-electron chi connectivity index (χ1n) is 7.57. The molecule has 1 aromatic rings. The molecule has 5 heteroatoms. The van der Waals surface area contributed by atoms with Crippen molar-refractivity contribution in [3.8, 4) is 0 Å². The Bertz CT molecular complexity index is 552. The number of primary amides is 1. The molecule has 0 aromatic heterocycles. The number of rotatable bonds is 2. The molecule has 112 valence electrons. The lowest BCUT2D eigenvalue weighted by molar-refractivity contribution is -0.142. The third-order valence-electron chi connectivity index (χ3n) is 4.47. The zero-order valence-corrected chi connectivity index (χ0v) is 12.0. The molecule has 1 aromatic carbocycles. The van der Waals surface area contributed by atoms with Gasteiger partial charge in [0.05, 0.1) is 6.04 Å². The Morgan fingerprint density at radius 3 is 2.62 bits per heavy atom. The number of hydrogen-bond donors (Lipinski definition) is 2. The zero-order chi connectivity index (χ0) is 14.8. The first kappa shape index (κ1) is 14.1. The van der Waals surface area contributed by atoms with Crippen LogP contribution >= 0.6 is 0 Å². The number of nitrogens with zero attached hydrogens (tertiary/aromatic N) is 1. The van der Waals surface area contributed by atoms with Gasteiger partial charge >= 0.3 is 0 Å². The Morgan fingerprint density at radius 1 is 1.19 bits per heavy atom. The summed E-state index contributed by atoms with van der Waals surface area (Å²) in [6.45, 7) is 1.34. The van der Waals surface area contributed by atoms with Crippen LogP contribution in [0.2, 0.25) is 0 Å². The van der Waals surface area contributed by atoms with E-state index in [1.54, 1.807) is 4.90 Å². The van der Waals surface area contributed by atoms with Crippen LogP contribution in [0.1, 0.15) is 30.4 Å². The van der Waals surface area contributed by atoms with Gasteiger partial charge in [0.25, 0.3) is 0 Å². The van der Waals surface area contributed by atoms with Gasteiger partial charge in [-0.2, -0.15) is 0 Å². The number of piperidine rings is 1. The van der Waals surface area contributed by atoms with Crippen molar-refractivity contribution in [1.82, 2.24) is 10.2 Å². The molecular formula is C16H21N3O2. The highest BCUT2D eigenvalue weighted by molar-refractivity contribution is 5.89. The van der Waals surface area contributed by atoms with E-state index in [0.29, 0.717) is 13.0 Å². The van der Waals surface area contributed by atoms with Gasteiger partial charge in [0, 0.05) is 13.0 Å². The average molecular weight is 287 g/mol. The molecule has 2 amide bonds. The second-order valence-corrected chi connectivity index (χ2v) is 5.86. The van der Waals surface area contributed by atoms with E-state index in [4.69, 9.17) is 5.73 Å². The van der Waals surface area contributed by atoms with Gasteiger partial charge in [-0.15, -0.1) is 0 Å². The van der Waals surface area contributed by atoms with Crippen LogP contribution in [0.15, 0.2) is 24.3 Å². The van der Waals surface area contributed by atoms with Crippen molar-refractivity contribution in [2.45, 2.75) is 44.3 Å². The third kappa shape index (κ3) is 2.78. The normalized spacial score (nSPS) is 25.2. The molecule has 2 aliphatic rings. The molecule has 5 nitrogen and oxygen atoms in total. The van der Waals surface area contributed by atoms with Gasteiger partial charge in [-0.05, 0) is 30.5 Å². The van der Waals surface area contributed by atoms with Crippen molar-refractivity contribution in [2.75, 3.05) is 6.54 Å². The topological polar surface area (TPSA) is 75.4 Å². The van der Waals surface area contributed by atoms with Gasteiger partial charge in [-0.1, -0.05) is 30.7 Å². The molecule has 2 aliphatic heterocycles. The summed E-state index contributed by atoms with van der Waals surface area (Å²) in [4.78, 5) is 26.2. The van der Waals surface area contributed by atoms with Crippen LogP contribution in [-0.4, -0.2) is 35.3 Å². The second-order valence-electron chi connectivity index (χ2n) is 5.86. The SMILES string of the molecule is NC(=O)[C@@H]1Cc2ccccc2CN1C(=O)[C@H]1CCCCN1. The van der Waals surface area contributed by atoms with Gasteiger partial charge in [-0.3, -0.25) is 9.59 Å². The van der Waals surface area contributed by atoms with Gasteiger partial charge in [0.15, 0.2) is 0 Å². The van der Waals surface area contributed by atoms with Crippen LogP contribution in [0.3, 0.4) is 0 Å². The Kier molecular flexibility index (Phi) is 3.92. The first-order chi connectivity index (χ1) is 10.2. The van der Waals surface area contributed by atoms with Crippen LogP contribution in [0.5, 0.6) is 0 Å². The summed E-state index contributed by atoms with van der Waals surface area (Å²) in [5.74, 6) is -0.415. The molecule has 21 heavy (non-hydrogen) atoms. The number of fused-ring (bicyclic) bond motifs is 1. The summed E-state index contributed by atoms with van der Waals surface area (Å²) in [5, 5.41) is 3.26. The zero-order valence-electron chi connectivity index (χ0n) is 12.0. The van der Waals surface area contributed by atoms with E-state index in [2.05, 4.69) is 5.32 Å². The highest BCUT2D eigenvalue weighted by Crippen LogP contribution is 2.25. The minimum absolute atomic E-state index is 0.00741. The van der Waals surface area contributed by atoms with E-state index in [9.17, 15) is 9.59 Å².